The predicted molar refractivity (Wildman–Crippen MR) is 62.0 cm³/mol. The molecule has 98 valence electrons. The van der Waals surface area contributed by atoms with E-state index in [9.17, 15) is 18.0 Å². The van der Waals surface area contributed by atoms with Gasteiger partial charge in [-0.1, -0.05) is 0 Å². The molecule has 1 unspecified atom stereocenters. The minimum absolute atomic E-state index is 0.236. The van der Waals surface area contributed by atoms with Crippen molar-refractivity contribution in [3.05, 3.63) is 23.8 Å². The Hall–Kier alpha value is -1.37. The molecule has 0 spiro atoms. The summed E-state index contributed by atoms with van der Waals surface area (Å²) in [7, 11) is 1.57. The van der Waals surface area contributed by atoms with Crippen molar-refractivity contribution < 1.29 is 23.1 Å². The fraction of sp³-hybridized carbons (Fsp3) is 0.364. The van der Waals surface area contributed by atoms with Gasteiger partial charge in [-0.3, -0.25) is 0 Å². The molecule has 1 aliphatic heterocycles. The maximum atomic E-state index is 12.5. The van der Waals surface area contributed by atoms with Crippen LogP contribution in [0, 0.1) is 0 Å². The Kier molecular flexibility index (Phi) is 3.18. The highest BCUT2D eigenvalue weighted by Gasteiger charge is 2.34. The number of thioether (sulfide) groups is 1. The fourth-order valence-electron chi connectivity index (χ4n) is 1.78. The summed E-state index contributed by atoms with van der Waals surface area (Å²) in [6, 6.07) is 2.65. The quantitative estimate of drug-likeness (QED) is 0.857. The maximum Gasteiger partial charge on any atom is 0.416 e. The average Bonchev–Trinajstić information content (AvgIpc) is 2.27. The standard InChI is InChI=1S/C11H10F3NO2S/c1-15-7-3-2-6(11(12,13)14)4-9(7)18-5-8(15)10(16)17/h2-4,8H,5H2,1H3,(H,16,17). The first-order valence-electron chi connectivity index (χ1n) is 5.10. The van der Waals surface area contributed by atoms with Crippen molar-refractivity contribution in [2.75, 3.05) is 17.7 Å². The Labute approximate surface area is 106 Å². The van der Waals surface area contributed by atoms with Crippen LogP contribution in [0.5, 0.6) is 0 Å². The Balaban J connectivity index is 2.38. The number of anilines is 1. The highest BCUT2D eigenvalue weighted by atomic mass is 32.2. The topological polar surface area (TPSA) is 40.5 Å². The lowest BCUT2D eigenvalue weighted by Gasteiger charge is -2.33. The number of carboxylic acid groups (broad SMARTS) is 1. The number of hydrogen-bond donors (Lipinski definition) is 1. The molecule has 0 radical (unpaired) electrons. The van der Waals surface area contributed by atoms with E-state index in [1.54, 1.807) is 7.05 Å². The molecule has 0 aliphatic carbocycles. The van der Waals surface area contributed by atoms with Crippen LogP contribution in [0.4, 0.5) is 18.9 Å². The monoisotopic (exact) mass is 277 g/mol. The molecule has 2 rings (SSSR count). The van der Waals surface area contributed by atoms with Gasteiger partial charge in [0.25, 0.3) is 0 Å². The summed E-state index contributed by atoms with van der Waals surface area (Å²) in [4.78, 5) is 12.9. The summed E-state index contributed by atoms with van der Waals surface area (Å²) >= 11 is 1.14. The summed E-state index contributed by atoms with van der Waals surface area (Å²) in [5, 5.41) is 8.98. The first-order valence-corrected chi connectivity index (χ1v) is 6.09. The van der Waals surface area contributed by atoms with E-state index in [4.69, 9.17) is 5.11 Å². The number of fused-ring (bicyclic) bond motifs is 1. The summed E-state index contributed by atoms with van der Waals surface area (Å²) in [6.45, 7) is 0. The molecule has 1 aromatic rings. The first kappa shape index (κ1) is 13.1. The average molecular weight is 277 g/mol. The zero-order valence-electron chi connectivity index (χ0n) is 9.36. The molecule has 0 aromatic heterocycles. The summed E-state index contributed by atoms with van der Waals surface area (Å²) in [5.41, 5.74) is -0.192. The second kappa shape index (κ2) is 4.38. The van der Waals surface area contributed by atoms with E-state index in [0.717, 1.165) is 23.9 Å². The van der Waals surface area contributed by atoms with Crippen molar-refractivity contribution in [3.63, 3.8) is 0 Å². The Morgan fingerprint density at radius 3 is 2.72 bits per heavy atom. The molecule has 1 atom stereocenters. The minimum Gasteiger partial charge on any atom is -0.480 e. The van der Waals surface area contributed by atoms with Crippen LogP contribution in [0.1, 0.15) is 5.56 Å². The number of hydrogen-bond acceptors (Lipinski definition) is 3. The third-order valence-corrected chi connectivity index (χ3v) is 3.94. The molecular weight excluding hydrogens is 267 g/mol. The SMILES string of the molecule is CN1c2ccc(C(F)(F)F)cc2SCC1C(=O)O. The van der Waals surface area contributed by atoms with E-state index >= 15 is 0 Å². The second-order valence-electron chi connectivity index (χ2n) is 3.96. The summed E-state index contributed by atoms with van der Waals surface area (Å²) in [6.07, 6.45) is -4.38. The maximum absolute atomic E-state index is 12.5. The number of rotatable bonds is 1. The number of halogens is 3. The normalized spacial score (nSPS) is 19.6. The number of benzene rings is 1. The van der Waals surface area contributed by atoms with Gasteiger partial charge in [-0.15, -0.1) is 11.8 Å². The van der Waals surface area contributed by atoms with Gasteiger partial charge in [-0.2, -0.15) is 13.2 Å². The molecule has 0 saturated heterocycles. The van der Waals surface area contributed by atoms with E-state index < -0.39 is 23.8 Å². The van der Waals surface area contributed by atoms with E-state index in [0.29, 0.717) is 10.6 Å². The van der Waals surface area contributed by atoms with Gasteiger partial charge >= 0.3 is 12.1 Å². The molecule has 1 aliphatic rings. The first-order chi connectivity index (χ1) is 8.30. The van der Waals surface area contributed by atoms with Crippen molar-refractivity contribution in [1.82, 2.24) is 0 Å². The van der Waals surface area contributed by atoms with Gasteiger partial charge in [0.2, 0.25) is 0 Å². The summed E-state index contributed by atoms with van der Waals surface area (Å²) in [5.74, 6) is -0.740. The van der Waals surface area contributed by atoms with Crippen LogP contribution in [0.2, 0.25) is 0 Å². The molecule has 3 nitrogen and oxygen atoms in total. The largest absolute Gasteiger partial charge is 0.480 e. The van der Waals surface area contributed by atoms with Crippen molar-refractivity contribution in [3.8, 4) is 0 Å². The lowest BCUT2D eigenvalue weighted by atomic mass is 10.1. The molecule has 7 heteroatoms. The van der Waals surface area contributed by atoms with Crippen LogP contribution in [0.15, 0.2) is 23.1 Å². The van der Waals surface area contributed by atoms with Gasteiger partial charge in [0.05, 0.1) is 11.3 Å². The smallest absolute Gasteiger partial charge is 0.416 e. The highest BCUT2D eigenvalue weighted by molar-refractivity contribution is 7.99. The number of carbonyl (C=O) groups is 1. The van der Waals surface area contributed by atoms with Crippen LogP contribution in [0.25, 0.3) is 0 Å². The molecule has 0 saturated carbocycles. The van der Waals surface area contributed by atoms with Crippen LogP contribution in [-0.2, 0) is 11.0 Å². The highest BCUT2D eigenvalue weighted by Crippen LogP contribution is 2.40. The zero-order chi connectivity index (χ0) is 13.5. The number of aliphatic carboxylic acids is 1. The van der Waals surface area contributed by atoms with E-state index in [-0.39, 0.29) is 5.75 Å². The molecule has 1 heterocycles. The van der Waals surface area contributed by atoms with Crippen molar-refractivity contribution in [2.45, 2.75) is 17.1 Å². The third kappa shape index (κ3) is 2.27. The third-order valence-electron chi connectivity index (χ3n) is 2.82. The van der Waals surface area contributed by atoms with Gasteiger partial charge in [-0.25, -0.2) is 4.79 Å². The van der Waals surface area contributed by atoms with Gasteiger partial charge < -0.3 is 10.0 Å². The van der Waals surface area contributed by atoms with Gasteiger partial charge in [0, 0.05) is 17.7 Å². The lowest BCUT2D eigenvalue weighted by molar-refractivity contribution is -0.139. The lowest BCUT2D eigenvalue weighted by Crippen LogP contribution is -2.42. The number of likely N-dealkylation sites (N-methyl/N-ethyl adjacent to an activating group) is 1. The predicted octanol–water partition coefficient (Wildman–Crippen LogP) is 2.70. The Bertz CT molecular complexity index is 490. The van der Waals surface area contributed by atoms with Crippen LogP contribution in [-0.4, -0.2) is 29.9 Å². The van der Waals surface area contributed by atoms with Crippen LogP contribution in [0.3, 0.4) is 0 Å². The van der Waals surface area contributed by atoms with Gasteiger partial charge in [0.1, 0.15) is 6.04 Å². The molecule has 0 bridgehead atoms. The van der Waals surface area contributed by atoms with E-state index in [1.807, 2.05) is 0 Å². The molecule has 18 heavy (non-hydrogen) atoms. The number of alkyl halides is 3. The molecular formula is C11H10F3NO2S. The Morgan fingerprint density at radius 1 is 1.50 bits per heavy atom. The number of nitrogens with zero attached hydrogens (tertiary/aromatic N) is 1. The molecule has 0 amide bonds. The molecule has 1 N–H and O–H groups in total. The van der Waals surface area contributed by atoms with Crippen LogP contribution >= 0.6 is 11.8 Å². The van der Waals surface area contributed by atoms with Crippen LogP contribution < -0.4 is 4.90 Å². The summed E-state index contributed by atoms with van der Waals surface area (Å²) < 4.78 is 37.6. The van der Waals surface area contributed by atoms with Gasteiger partial charge in [-0.05, 0) is 18.2 Å². The van der Waals surface area contributed by atoms with Crippen molar-refractivity contribution >= 4 is 23.4 Å². The van der Waals surface area contributed by atoms with E-state index in [1.165, 1.54) is 11.0 Å². The number of carboxylic acids is 1. The second-order valence-corrected chi connectivity index (χ2v) is 5.02. The molecule has 1 aromatic carbocycles. The zero-order valence-corrected chi connectivity index (χ0v) is 10.2. The van der Waals surface area contributed by atoms with Crippen molar-refractivity contribution in [1.29, 1.82) is 0 Å². The van der Waals surface area contributed by atoms with Gasteiger partial charge in [0.15, 0.2) is 0 Å². The Morgan fingerprint density at radius 2 is 2.17 bits per heavy atom. The minimum atomic E-state index is -4.38. The molecule has 0 fully saturated rings. The van der Waals surface area contributed by atoms with E-state index in [2.05, 4.69) is 0 Å². The fourth-order valence-corrected chi connectivity index (χ4v) is 3.06. The van der Waals surface area contributed by atoms with Crippen molar-refractivity contribution in [2.24, 2.45) is 0 Å².